The number of benzene rings is 1. The van der Waals surface area contributed by atoms with Gasteiger partial charge in [-0.3, -0.25) is 4.79 Å². The smallest absolute Gasteiger partial charge is 0.240 e. The van der Waals surface area contributed by atoms with Crippen molar-refractivity contribution in [3.8, 4) is 0 Å². The molecule has 1 aromatic heterocycles. The third-order valence-corrected chi connectivity index (χ3v) is 5.17. The Hall–Kier alpha value is -2.21. The summed E-state index contributed by atoms with van der Waals surface area (Å²) in [5.41, 5.74) is 2.36. The zero-order valence-electron chi connectivity index (χ0n) is 14.7. The summed E-state index contributed by atoms with van der Waals surface area (Å²) in [7, 11) is 0. The summed E-state index contributed by atoms with van der Waals surface area (Å²) >= 11 is 0. The first-order valence-electron chi connectivity index (χ1n) is 9.29. The zero-order valence-corrected chi connectivity index (χ0v) is 14.7. The number of carbonyl (C=O) groups excluding carboxylic acids is 1. The molecule has 132 valence electrons. The lowest BCUT2D eigenvalue weighted by molar-refractivity contribution is -0.118. The van der Waals surface area contributed by atoms with Gasteiger partial charge in [0, 0.05) is 31.1 Å². The Morgan fingerprint density at radius 1 is 1.32 bits per heavy atom. The van der Waals surface area contributed by atoms with Gasteiger partial charge in [0.15, 0.2) is 5.82 Å². The van der Waals surface area contributed by atoms with Crippen LogP contribution in [-0.2, 0) is 30.6 Å². The van der Waals surface area contributed by atoms with E-state index < -0.39 is 0 Å². The lowest BCUT2D eigenvalue weighted by Gasteiger charge is -2.30. The summed E-state index contributed by atoms with van der Waals surface area (Å²) in [6.07, 6.45) is 4.89. The fourth-order valence-corrected chi connectivity index (χ4v) is 3.80. The van der Waals surface area contributed by atoms with Crippen molar-refractivity contribution in [2.75, 3.05) is 18.0 Å². The van der Waals surface area contributed by atoms with E-state index >= 15 is 0 Å². The molecular formula is C19H25N5O. The number of para-hydroxylation sites is 1. The molecule has 2 aliphatic heterocycles. The Labute approximate surface area is 148 Å². The highest BCUT2D eigenvalue weighted by atomic mass is 16.2. The van der Waals surface area contributed by atoms with Gasteiger partial charge in [0.2, 0.25) is 5.91 Å². The molecule has 0 saturated heterocycles. The van der Waals surface area contributed by atoms with Gasteiger partial charge in [-0.25, -0.2) is 9.67 Å². The van der Waals surface area contributed by atoms with E-state index in [0.29, 0.717) is 6.54 Å². The number of fused-ring (bicyclic) bond motifs is 2. The Kier molecular flexibility index (Phi) is 4.53. The molecule has 1 unspecified atom stereocenters. The molecule has 6 nitrogen and oxygen atoms in total. The monoisotopic (exact) mass is 339 g/mol. The summed E-state index contributed by atoms with van der Waals surface area (Å²) in [6, 6.07) is 8.52. The van der Waals surface area contributed by atoms with Crippen LogP contribution < -0.4 is 10.2 Å². The van der Waals surface area contributed by atoms with Gasteiger partial charge in [-0.15, -0.1) is 0 Å². The maximum Gasteiger partial charge on any atom is 0.240 e. The Balaban J connectivity index is 1.37. The third-order valence-electron chi connectivity index (χ3n) is 5.17. The Bertz CT molecular complexity index is 769. The summed E-state index contributed by atoms with van der Waals surface area (Å²) in [4.78, 5) is 19.2. The number of aryl methyl sites for hydroxylation is 3. The fourth-order valence-electron chi connectivity index (χ4n) is 3.80. The van der Waals surface area contributed by atoms with Gasteiger partial charge in [0.05, 0.1) is 13.1 Å². The SMILES string of the molecule is CCc1nc2n(n1)CC(NCC(=O)N1CCCc3ccccc31)CC2. The molecular weight excluding hydrogens is 314 g/mol. The molecule has 0 aliphatic carbocycles. The van der Waals surface area contributed by atoms with E-state index in [4.69, 9.17) is 0 Å². The normalized spacial score (nSPS) is 19.4. The lowest BCUT2D eigenvalue weighted by Crippen LogP contribution is -2.46. The van der Waals surface area contributed by atoms with Crippen LogP contribution in [0.15, 0.2) is 24.3 Å². The highest BCUT2D eigenvalue weighted by Crippen LogP contribution is 2.26. The van der Waals surface area contributed by atoms with Gasteiger partial charge in [0.1, 0.15) is 5.82 Å². The van der Waals surface area contributed by atoms with Crippen LogP contribution in [0.5, 0.6) is 0 Å². The largest absolute Gasteiger partial charge is 0.311 e. The predicted molar refractivity (Wildman–Crippen MR) is 96.6 cm³/mol. The predicted octanol–water partition coefficient (Wildman–Crippen LogP) is 1.72. The van der Waals surface area contributed by atoms with Crippen LogP contribution in [-0.4, -0.2) is 39.8 Å². The number of nitrogens with zero attached hydrogens (tertiary/aromatic N) is 4. The number of aromatic nitrogens is 3. The molecule has 0 bridgehead atoms. The first kappa shape index (κ1) is 16.3. The van der Waals surface area contributed by atoms with Crippen LogP contribution in [0.1, 0.15) is 37.0 Å². The number of nitrogens with one attached hydrogen (secondary N) is 1. The van der Waals surface area contributed by atoms with Crippen LogP contribution in [0.4, 0.5) is 5.69 Å². The van der Waals surface area contributed by atoms with Crippen molar-refractivity contribution in [2.24, 2.45) is 0 Å². The van der Waals surface area contributed by atoms with Crippen molar-refractivity contribution in [1.82, 2.24) is 20.1 Å². The molecule has 0 radical (unpaired) electrons. The Morgan fingerprint density at radius 2 is 2.20 bits per heavy atom. The number of carbonyl (C=O) groups is 1. The van der Waals surface area contributed by atoms with Crippen molar-refractivity contribution >= 4 is 11.6 Å². The van der Waals surface area contributed by atoms with E-state index in [1.54, 1.807) is 0 Å². The van der Waals surface area contributed by atoms with Gasteiger partial charge < -0.3 is 10.2 Å². The van der Waals surface area contributed by atoms with Gasteiger partial charge in [-0.1, -0.05) is 25.1 Å². The first-order valence-corrected chi connectivity index (χ1v) is 9.29. The fraction of sp³-hybridized carbons (Fsp3) is 0.526. The molecule has 0 spiro atoms. The number of rotatable bonds is 4. The first-order chi connectivity index (χ1) is 12.2. The maximum atomic E-state index is 12.7. The van der Waals surface area contributed by atoms with E-state index in [0.717, 1.165) is 62.5 Å². The molecule has 3 heterocycles. The van der Waals surface area contributed by atoms with Gasteiger partial charge in [0.25, 0.3) is 0 Å². The third kappa shape index (κ3) is 3.31. The minimum Gasteiger partial charge on any atom is -0.311 e. The number of hydrogen-bond acceptors (Lipinski definition) is 4. The molecule has 2 aromatic rings. The van der Waals surface area contributed by atoms with Crippen LogP contribution in [0, 0.1) is 0 Å². The lowest BCUT2D eigenvalue weighted by atomic mass is 10.0. The molecule has 0 fully saturated rings. The second kappa shape index (κ2) is 6.96. The molecule has 1 atom stereocenters. The maximum absolute atomic E-state index is 12.7. The molecule has 1 aromatic carbocycles. The molecule has 25 heavy (non-hydrogen) atoms. The summed E-state index contributed by atoms with van der Waals surface area (Å²) in [5, 5.41) is 7.97. The van der Waals surface area contributed by atoms with E-state index in [-0.39, 0.29) is 11.9 Å². The van der Waals surface area contributed by atoms with E-state index in [9.17, 15) is 4.79 Å². The van der Waals surface area contributed by atoms with E-state index in [1.807, 2.05) is 21.7 Å². The molecule has 1 N–H and O–H groups in total. The van der Waals surface area contributed by atoms with Crippen molar-refractivity contribution in [3.05, 3.63) is 41.5 Å². The van der Waals surface area contributed by atoms with Crippen molar-refractivity contribution < 1.29 is 4.79 Å². The van der Waals surface area contributed by atoms with Crippen molar-refractivity contribution in [3.63, 3.8) is 0 Å². The number of amides is 1. The highest BCUT2D eigenvalue weighted by molar-refractivity contribution is 5.95. The molecule has 1 amide bonds. The van der Waals surface area contributed by atoms with Crippen molar-refractivity contribution in [1.29, 1.82) is 0 Å². The molecule has 4 rings (SSSR count). The Morgan fingerprint density at radius 3 is 3.08 bits per heavy atom. The van der Waals surface area contributed by atoms with Crippen LogP contribution in [0.2, 0.25) is 0 Å². The molecule has 0 saturated carbocycles. The van der Waals surface area contributed by atoms with Crippen LogP contribution >= 0.6 is 0 Å². The van der Waals surface area contributed by atoms with Gasteiger partial charge in [-0.05, 0) is 30.9 Å². The topological polar surface area (TPSA) is 63.1 Å². The minimum atomic E-state index is 0.158. The van der Waals surface area contributed by atoms with Crippen molar-refractivity contribution in [2.45, 2.75) is 51.6 Å². The summed E-state index contributed by atoms with van der Waals surface area (Å²) in [5.74, 6) is 2.15. The highest BCUT2D eigenvalue weighted by Gasteiger charge is 2.25. The average molecular weight is 339 g/mol. The van der Waals surface area contributed by atoms with Gasteiger partial charge in [-0.2, -0.15) is 5.10 Å². The molecule has 6 heteroatoms. The van der Waals surface area contributed by atoms with Crippen LogP contribution in [0.25, 0.3) is 0 Å². The minimum absolute atomic E-state index is 0.158. The second-order valence-electron chi connectivity index (χ2n) is 6.87. The standard InChI is InChI=1S/C19H25N5O/c1-2-17-21-18-10-9-15(13-24(18)22-17)20-12-19(25)23-11-5-7-14-6-3-4-8-16(14)23/h3-4,6,8,15,20H,2,5,7,9-13H2,1H3. The summed E-state index contributed by atoms with van der Waals surface area (Å²) in [6.45, 7) is 4.07. The number of hydrogen-bond donors (Lipinski definition) is 1. The van der Waals surface area contributed by atoms with E-state index in [1.165, 1.54) is 5.56 Å². The quantitative estimate of drug-likeness (QED) is 0.921. The number of anilines is 1. The molecule has 2 aliphatic rings. The average Bonchev–Trinajstić information content (AvgIpc) is 3.08. The van der Waals surface area contributed by atoms with E-state index in [2.05, 4.69) is 34.5 Å². The zero-order chi connectivity index (χ0) is 17.2. The van der Waals surface area contributed by atoms with Gasteiger partial charge >= 0.3 is 0 Å². The van der Waals surface area contributed by atoms with Crippen LogP contribution in [0.3, 0.4) is 0 Å². The summed E-state index contributed by atoms with van der Waals surface area (Å²) < 4.78 is 2.00. The second-order valence-corrected chi connectivity index (χ2v) is 6.87.